The summed E-state index contributed by atoms with van der Waals surface area (Å²) in [4.78, 5) is 11.4. The quantitative estimate of drug-likeness (QED) is 0.832. The van der Waals surface area contributed by atoms with Gasteiger partial charge in [-0.2, -0.15) is 0 Å². The molecular formula is C11H13BrClNO2. The molecule has 0 aliphatic carbocycles. The number of carbonyl (C=O) groups is 1. The number of hydrogen-bond acceptors (Lipinski definition) is 2. The third-order valence-corrected chi connectivity index (χ3v) is 2.80. The van der Waals surface area contributed by atoms with E-state index in [0.29, 0.717) is 10.7 Å². The molecule has 5 heteroatoms. The Labute approximate surface area is 108 Å². The smallest absolute Gasteiger partial charge is 0.412 e. The first-order valence-corrected chi connectivity index (χ1v) is 5.90. The molecule has 3 nitrogen and oxygen atoms in total. The molecule has 0 aliphatic rings. The van der Waals surface area contributed by atoms with Crippen LogP contribution in [-0.4, -0.2) is 11.7 Å². The van der Waals surface area contributed by atoms with Crippen LogP contribution in [0, 0.1) is 0 Å². The average Bonchev–Trinajstić information content (AvgIpc) is 2.08. The van der Waals surface area contributed by atoms with Crippen LogP contribution < -0.4 is 5.32 Å². The van der Waals surface area contributed by atoms with Gasteiger partial charge in [0.25, 0.3) is 0 Å². The highest BCUT2D eigenvalue weighted by Gasteiger charge is 2.16. The van der Waals surface area contributed by atoms with Gasteiger partial charge in [-0.1, -0.05) is 11.6 Å². The van der Waals surface area contributed by atoms with Crippen molar-refractivity contribution in [1.29, 1.82) is 0 Å². The molecule has 1 aromatic rings. The Kier molecular flexibility index (Phi) is 4.21. The van der Waals surface area contributed by atoms with Gasteiger partial charge in [-0.15, -0.1) is 0 Å². The van der Waals surface area contributed by atoms with Crippen molar-refractivity contribution < 1.29 is 9.53 Å². The van der Waals surface area contributed by atoms with Crippen molar-refractivity contribution in [3.63, 3.8) is 0 Å². The Morgan fingerprint density at radius 3 is 2.56 bits per heavy atom. The van der Waals surface area contributed by atoms with Crippen LogP contribution >= 0.6 is 27.5 Å². The molecule has 0 atom stereocenters. The van der Waals surface area contributed by atoms with Crippen LogP contribution in [0.2, 0.25) is 5.02 Å². The monoisotopic (exact) mass is 305 g/mol. The van der Waals surface area contributed by atoms with Crippen molar-refractivity contribution in [3.8, 4) is 0 Å². The molecule has 88 valence electrons. The minimum absolute atomic E-state index is 0.495. The number of rotatable bonds is 1. The third-order valence-electron chi connectivity index (χ3n) is 1.56. The molecule has 0 spiro atoms. The zero-order chi connectivity index (χ0) is 12.3. The highest BCUT2D eigenvalue weighted by Crippen LogP contribution is 2.25. The summed E-state index contributed by atoms with van der Waals surface area (Å²) in [6.45, 7) is 5.42. The molecule has 0 saturated carbocycles. The molecule has 1 aromatic carbocycles. The molecule has 1 N–H and O–H groups in total. The van der Waals surface area contributed by atoms with Gasteiger partial charge in [-0.05, 0) is 54.9 Å². The first-order valence-electron chi connectivity index (χ1n) is 4.73. The summed E-state index contributed by atoms with van der Waals surface area (Å²) >= 11 is 9.16. The highest BCUT2D eigenvalue weighted by atomic mass is 79.9. The number of nitrogens with one attached hydrogen (secondary N) is 1. The third kappa shape index (κ3) is 4.41. The van der Waals surface area contributed by atoms with Crippen molar-refractivity contribution in [2.45, 2.75) is 26.4 Å². The van der Waals surface area contributed by atoms with Crippen molar-refractivity contribution in [2.24, 2.45) is 0 Å². The van der Waals surface area contributed by atoms with Gasteiger partial charge in [-0.25, -0.2) is 4.79 Å². The number of ether oxygens (including phenoxy) is 1. The molecule has 0 aromatic heterocycles. The van der Waals surface area contributed by atoms with Crippen LogP contribution in [-0.2, 0) is 4.74 Å². The maximum Gasteiger partial charge on any atom is 0.412 e. The molecule has 0 fully saturated rings. The van der Waals surface area contributed by atoms with E-state index in [2.05, 4.69) is 21.2 Å². The zero-order valence-corrected chi connectivity index (χ0v) is 11.6. The lowest BCUT2D eigenvalue weighted by Gasteiger charge is -2.19. The summed E-state index contributed by atoms with van der Waals surface area (Å²) in [6, 6.07) is 5.14. The fraction of sp³-hybridized carbons (Fsp3) is 0.364. The predicted octanol–water partition coefficient (Wildman–Crippen LogP) is 4.45. The number of carbonyl (C=O) groups excluding carboxylic acids is 1. The lowest BCUT2D eigenvalue weighted by atomic mass is 10.2. The second kappa shape index (κ2) is 5.06. The van der Waals surface area contributed by atoms with Crippen molar-refractivity contribution in [2.75, 3.05) is 5.32 Å². The topological polar surface area (TPSA) is 38.3 Å². The Bertz CT molecular complexity index is 401. The Balaban J connectivity index is 2.67. The number of hydrogen-bond donors (Lipinski definition) is 1. The SMILES string of the molecule is CC(C)(C)OC(=O)Nc1ccc(Br)c(Cl)c1. The summed E-state index contributed by atoms with van der Waals surface area (Å²) in [6.07, 6.45) is -0.495. The van der Waals surface area contributed by atoms with E-state index in [1.54, 1.807) is 39.0 Å². The van der Waals surface area contributed by atoms with E-state index in [0.717, 1.165) is 4.47 Å². The largest absolute Gasteiger partial charge is 0.444 e. The summed E-state index contributed by atoms with van der Waals surface area (Å²) in [5, 5.41) is 3.14. The minimum atomic E-state index is -0.511. The van der Waals surface area contributed by atoms with E-state index in [1.807, 2.05) is 0 Å². The Morgan fingerprint density at radius 1 is 1.44 bits per heavy atom. The summed E-state index contributed by atoms with van der Waals surface area (Å²) < 4.78 is 5.89. The molecule has 16 heavy (non-hydrogen) atoms. The van der Waals surface area contributed by atoms with Crippen LogP contribution in [0.1, 0.15) is 20.8 Å². The van der Waals surface area contributed by atoms with Crippen LogP contribution in [0.25, 0.3) is 0 Å². The number of anilines is 1. The van der Waals surface area contributed by atoms with E-state index < -0.39 is 11.7 Å². The first-order chi connectivity index (χ1) is 7.28. The van der Waals surface area contributed by atoms with E-state index in [-0.39, 0.29) is 0 Å². The van der Waals surface area contributed by atoms with Gasteiger partial charge in [0.1, 0.15) is 5.60 Å². The number of amides is 1. The van der Waals surface area contributed by atoms with Crippen LogP contribution in [0.4, 0.5) is 10.5 Å². The molecule has 0 saturated heterocycles. The summed E-state index contributed by atoms with van der Waals surface area (Å²) in [5.41, 5.74) is 0.0888. The molecule has 0 heterocycles. The summed E-state index contributed by atoms with van der Waals surface area (Å²) in [7, 11) is 0. The number of benzene rings is 1. The summed E-state index contributed by atoms with van der Waals surface area (Å²) in [5.74, 6) is 0. The Morgan fingerprint density at radius 2 is 2.06 bits per heavy atom. The van der Waals surface area contributed by atoms with Crippen molar-refractivity contribution in [1.82, 2.24) is 0 Å². The minimum Gasteiger partial charge on any atom is -0.444 e. The molecule has 0 aliphatic heterocycles. The number of halogens is 2. The van der Waals surface area contributed by atoms with Gasteiger partial charge in [-0.3, -0.25) is 5.32 Å². The van der Waals surface area contributed by atoms with Gasteiger partial charge < -0.3 is 4.74 Å². The molecule has 0 bridgehead atoms. The maximum atomic E-state index is 11.4. The molecule has 0 unspecified atom stereocenters. The fourth-order valence-electron chi connectivity index (χ4n) is 0.995. The van der Waals surface area contributed by atoms with Gasteiger partial charge >= 0.3 is 6.09 Å². The molecule has 1 rings (SSSR count). The van der Waals surface area contributed by atoms with Crippen LogP contribution in [0.15, 0.2) is 22.7 Å². The van der Waals surface area contributed by atoms with E-state index in [9.17, 15) is 4.79 Å². The maximum absolute atomic E-state index is 11.4. The molecule has 1 amide bonds. The highest BCUT2D eigenvalue weighted by molar-refractivity contribution is 9.10. The zero-order valence-electron chi connectivity index (χ0n) is 9.30. The first kappa shape index (κ1) is 13.3. The molecule has 0 radical (unpaired) electrons. The second-order valence-electron chi connectivity index (χ2n) is 4.26. The van der Waals surface area contributed by atoms with E-state index >= 15 is 0 Å². The van der Waals surface area contributed by atoms with E-state index in [1.165, 1.54) is 0 Å². The van der Waals surface area contributed by atoms with Gasteiger partial charge in [0.05, 0.1) is 5.02 Å². The lowest BCUT2D eigenvalue weighted by molar-refractivity contribution is 0.0636. The van der Waals surface area contributed by atoms with Gasteiger partial charge in [0.2, 0.25) is 0 Å². The van der Waals surface area contributed by atoms with Crippen LogP contribution in [0.5, 0.6) is 0 Å². The normalized spacial score (nSPS) is 11.1. The van der Waals surface area contributed by atoms with Gasteiger partial charge in [0.15, 0.2) is 0 Å². The van der Waals surface area contributed by atoms with Crippen molar-refractivity contribution in [3.05, 3.63) is 27.7 Å². The van der Waals surface area contributed by atoms with E-state index in [4.69, 9.17) is 16.3 Å². The predicted molar refractivity (Wildman–Crippen MR) is 69.0 cm³/mol. The Hall–Kier alpha value is -0.740. The van der Waals surface area contributed by atoms with Crippen molar-refractivity contribution >= 4 is 39.3 Å². The second-order valence-corrected chi connectivity index (χ2v) is 5.52. The average molecular weight is 307 g/mol. The molecular weight excluding hydrogens is 293 g/mol. The lowest BCUT2D eigenvalue weighted by Crippen LogP contribution is -2.27. The van der Waals surface area contributed by atoms with Gasteiger partial charge in [0, 0.05) is 10.2 Å². The fourth-order valence-corrected chi connectivity index (χ4v) is 1.42. The van der Waals surface area contributed by atoms with Crippen LogP contribution in [0.3, 0.4) is 0 Å². The standard InChI is InChI=1S/C11H13BrClNO2/c1-11(2,3)16-10(15)14-7-4-5-8(12)9(13)6-7/h4-6H,1-3H3,(H,14,15).